The van der Waals surface area contributed by atoms with Crippen LogP contribution in [0.2, 0.25) is 0 Å². The van der Waals surface area contributed by atoms with E-state index in [4.69, 9.17) is 9.84 Å². The summed E-state index contributed by atoms with van der Waals surface area (Å²) in [6.45, 7) is 0.963. The molecule has 3 aromatic carbocycles. The molecule has 2 heterocycles. The van der Waals surface area contributed by atoms with Crippen molar-refractivity contribution in [3.05, 3.63) is 72.3 Å². The van der Waals surface area contributed by atoms with Gasteiger partial charge in [0.25, 0.3) is 0 Å². The van der Waals surface area contributed by atoms with Gasteiger partial charge < -0.3 is 10.1 Å². The Kier molecular flexibility index (Phi) is 4.24. The number of para-hydroxylation sites is 2. The van der Waals surface area contributed by atoms with Gasteiger partial charge in [-0.15, -0.1) is 0 Å². The molecule has 1 aromatic heterocycles. The molecule has 140 valence electrons. The molecule has 0 atom stereocenters. The minimum absolute atomic E-state index is 0.823. The molecule has 4 heteroatoms. The summed E-state index contributed by atoms with van der Waals surface area (Å²) < 4.78 is 7.62. The molecule has 28 heavy (non-hydrogen) atoms. The molecule has 0 unspecified atom stereocenters. The van der Waals surface area contributed by atoms with E-state index in [0.717, 1.165) is 54.3 Å². The van der Waals surface area contributed by atoms with Gasteiger partial charge >= 0.3 is 0 Å². The number of methoxy groups -OCH3 is 1. The molecule has 0 spiro atoms. The maximum Gasteiger partial charge on any atom is 0.144 e. The molecule has 0 amide bonds. The maximum atomic E-state index is 5.61. The monoisotopic (exact) mass is 369 g/mol. The summed E-state index contributed by atoms with van der Waals surface area (Å²) in [5.41, 5.74) is 4.47. The first-order valence-electron chi connectivity index (χ1n) is 9.83. The number of nitrogens with one attached hydrogen (secondary N) is 1. The van der Waals surface area contributed by atoms with Crippen molar-refractivity contribution in [1.82, 2.24) is 9.78 Å². The van der Waals surface area contributed by atoms with Gasteiger partial charge in [-0.25, -0.2) is 4.68 Å². The summed E-state index contributed by atoms with van der Waals surface area (Å²) in [5, 5.41) is 11.2. The van der Waals surface area contributed by atoms with E-state index >= 15 is 0 Å². The van der Waals surface area contributed by atoms with Crippen molar-refractivity contribution in [2.24, 2.45) is 0 Å². The summed E-state index contributed by atoms with van der Waals surface area (Å²) in [4.78, 5) is 0. The second kappa shape index (κ2) is 7.04. The van der Waals surface area contributed by atoms with Crippen LogP contribution in [0.5, 0.6) is 5.75 Å². The third-order valence-corrected chi connectivity index (χ3v) is 5.47. The van der Waals surface area contributed by atoms with Crippen LogP contribution < -0.4 is 10.1 Å². The van der Waals surface area contributed by atoms with Crippen LogP contribution in [0, 0.1) is 0 Å². The van der Waals surface area contributed by atoms with Crippen LogP contribution >= 0.6 is 0 Å². The number of anilines is 1. The summed E-state index contributed by atoms with van der Waals surface area (Å²) in [6, 6.07) is 23.1. The quantitative estimate of drug-likeness (QED) is 0.522. The van der Waals surface area contributed by atoms with Crippen molar-refractivity contribution in [2.45, 2.75) is 19.3 Å². The van der Waals surface area contributed by atoms with Gasteiger partial charge in [0, 0.05) is 17.7 Å². The molecule has 0 bridgehead atoms. The third kappa shape index (κ3) is 2.82. The Morgan fingerprint density at radius 1 is 0.929 bits per heavy atom. The Labute approximate surface area is 164 Å². The standard InChI is InChI=1S/C24H23N3O/c1-28-22-12-5-4-11-21(22)27-24-20(10-6-7-15-25-24)23(26-27)19-14-13-17-8-2-3-9-18(17)16-19/h2-5,8-9,11-14,16,25H,6-7,10,15H2,1H3. The lowest BCUT2D eigenvalue weighted by Crippen LogP contribution is -2.08. The van der Waals surface area contributed by atoms with Crippen molar-refractivity contribution in [3.8, 4) is 22.7 Å². The first kappa shape index (κ1) is 16.9. The van der Waals surface area contributed by atoms with Crippen LogP contribution in [0.25, 0.3) is 27.7 Å². The Balaban J connectivity index is 1.73. The largest absolute Gasteiger partial charge is 0.494 e. The highest BCUT2D eigenvalue weighted by Crippen LogP contribution is 2.36. The van der Waals surface area contributed by atoms with Crippen LogP contribution in [0.4, 0.5) is 5.82 Å². The first-order chi connectivity index (χ1) is 13.8. The Morgan fingerprint density at radius 3 is 2.64 bits per heavy atom. The third-order valence-electron chi connectivity index (χ3n) is 5.47. The molecule has 1 N–H and O–H groups in total. The predicted octanol–water partition coefficient (Wildman–Crippen LogP) is 5.45. The Morgan fingerprint density at radius 2 is 1.75 bits per heavy atom. The van der Waals surface area contributed by atoms with Crippen LogP contribution in [0.1, 0.15) is 18.4 Å². The van der Waals surface area contributed by atoms with Gasteiger partial charge in [-0.05, 0) is 48.2 Å². The molecule has 4 nitrogen and oxygen atoms in total. The van der Waals surface area contributed by atoms with Crippen molar-refractivity contribution >= 4 is 16.6 Å². The second-order valence-electron chi connectivity index (χ2n) is 7.21. The highest BCUT2D eigenvalue weighted by Gasteiger charge is 2.23. The fourth-order valence-corrected chi connectivity index (χ4v) is 4.05. The van der Waals surface area contributed by atoms with E-state index < -0.39 is 0 Å². The van der Waals surface area contributed by atoms with E-state index in [1.54, 1.807) is 7.11 Å². The van der Waals surface area contributed by atoms with E-state index in [2.05, 4.69) is 53.8 Å². The lowest BCUT2D eigenvalue weighted by molar-refractivity contribution is 0.412. The van der Waals surface area contributed by atoms with Gasteiger partial charge in [0.2, 0.25) is 0 Å². The molecular formula is C24H23N3O. The highest BCUT2D eigenvalue weighted by molar-refractivity contribution is 5.88. The van der Waals surface area contributed by atoms with Crippen molar-refractivity contribution in [2.75, 3.05) is 19.0 Å². The van der Waals surface area contributed by atoms with Crippen molar-refractivity contribution in [3.63, 3.8) is 0 Å². The molecular weight excluding hydrogens is 346 g/mol. The van der Waals surface area contributed by atoms with Crippen LogP contribution in [-0.4, -0.2) is 23.4 Å². The predicted molar refractivity (Wildman–Crippen MR) is 114 cm³/mol. The molecule has 1 aliphatic rings. The van der Waals surface area contributed by atoms with Crippen LogP contribution in [-0.2, 0) is 6.42 Å². The normalized spacial score (nSPS) is 13.6. The Hall–Kier alpha value is -3.27. The summed E-state index contributed by atoms with van der Waals surface area (Å²) in [7, 11) is 1.71. The van der Waals surface area contributed by atoms with Gasteiger partial charge in [-0.2, -0.15) is 5.10 Å². The van der Waals surface area contributed by atoms with Gasteiger partial charge in [0.05, 0.1) is 12.8 Å². The number of nitrogens with zero attached hydrogens (tertiary/aromatic N) is 2. The van der Waals surface area contributed by atoms with E-state index in [1.165, 1.54) is 16.3 Å². The van der Waals surface area contributed by atoms with Gasteiger partial charge in [-0.1, -0.05) is 48.5 Å². The van der Waals surface area contributed by atoms with Crippen molar-refractivity contribution in [1.29, 1.82) is 0 Å². The van der Waals surface area contributed by atoms with E-state index in [-0.39, 0.29) is 0 Å². The van der Waals surface area contributed by atoms with Gasteiger partial charge in [0.15, 0.2) is 0 Å². The number of fused-ring (bicyclic) bond motifs is 2. The minimum Gasteiger partial charge on any atom is -0.494 e. The number of benzene rings is 3. The maximum absolute atomic E-state index is 5.61. The lowest BCUT2D eigenvalue weighted by Gasteiger charge is -2.12. The number of rotatable bonds is 3. The highest BCUT2D eigenvalue weighted by atomic mass is 16.5. The lowest BCUT2D eigenvalue weighted by atomic mass is 10.0. The average Bonchev–Trinajstić information content (AvgIpc) is 2.93. The summed E-state index contributed by atoms with van der Waals surface area (Å²) in [5.74, 6) is 1.91. The fourth-order valence-electron chi connectivity index (χ4n) is 4.05. The van der Waals surface area contributed by atoms with E-state index in [1.807, 2.05) is 22.9 Å². The van der Waals surface area contributed by atoms with Crippen LogP contribution in [0.3, 0.4) is 0 Å². The minimum atomic E-state index is 0.823. The molecule has 0 radical (unpaired) electrons. The number of ether oxygens (including phenoxy) is 1. The topological polar surface area (TPSA) is 39.1 Å². The summed E-state index contributed by atoms with van der Waals surface area (Å²) in [6.07, 6.45) is 3.36. The molecule has 0 saturated heterocycles. The summed E-state index contributed by atoms with van der Waals surface area (Å²) >= 11 is 0. The molecule has 0 aliphatic carbocycles. The smallest absolute Gasteiger partial charge is 0.144 e. The zero-order valence-corrected chi connectivity index (χ0v) is 16.0. The molecule has 0 fully saturated rings. The molecule has 0 saturated carbocycles. The first-order valence-corrected chi connectivity index (χ1v) is 9.83. The van der Waals surface area contributed by atoms with Crippen molar-refractivity contribution < 1.29 is 4.74 Å². The van der Waals surface area contributed by atoms with Crippen LogP contribution in [0.15, 0.2) is 66.7 Å². The molecule has 1 aliphatic heterocycles. The van der Waals surface area contributed by atoms with E-state index in [0.29, 0.717) is 0 Å². The number of hydrogen-bond acceptors (Lipinski definition) is 3. The van der Waals surface area contributed by atoms with Gasteiger partial charge in [0.1, 0.15) is 17.3 Å². The fraction of sp³-hybridized carbons (Fsp3) is 0.208. The van der Waals surface area contributed by atoms with E-state index in [9.17, 15) is 0 Å². The Bertz CT molecular complexity index is 1150. The van der Waals surface area contributed by atoms with Gasteiger partial charge in [-0.3, -0.25) is 0 Å². The zero-order valence-electron chi connectivity index (χ0n) is 16.0. The SMILES string of the molecule is COc1ccccc1-n1nc(-c2ccc3ccccc3c2)c2c1NCCCC2. The zero-order chi connectivity index (χ0) is 18.9. The molecule has 4 aromatic rings. The second-order valence-corrected chi connectivity index (χ2v) is 7.21. The molecule has 5 rings (SSSR count). The number of aromatic nitrogens is 2. The number of hydrogen-bond donors (Lipinski definition) is 1. The average molecular weight is 369 g/mol.